The highest BCUT2D eigenvalue weighted by atomic mass is 16.4. The number of nitrogens with zero attached hydrogens (tertiary/aromatic N) is 4. The molecule has 0 spiro atoms. The zero-order chi connectivity index (χ0) is 13.2. The molecule has 1 aliphatic carbocycles. The topological polar surface area (TPSA) is 92.4 Å². The molecule has 1 saturated carbocycles. The smallest absolute Gasteiger partial charge is 0.308 e. The van der Waals surface area contributed by atoms with Gasteiger partial charge in [0.2, 0.25) is 5.65 Å². The summed E-state index contributed by atoms with van der Waals surface area (Å²) in [4.78, 5) is 15.5. The van der Waals surface area contributed by atoms with E-state index in [1.165, 1.54) is 0 Å². The van der Waals surface area contributed by atoms with E-state index in [4.69, 9.17) is 0 Å². The quantitative estimate of drug-likeness (QED) is 0.861. The molecular weight excluding hydrogens is 246 g/mol. The number of carbonyl (C=O) groups is 1. The van der Waals surface area contributed by atoms with E-state index >= 15 is 0 Å². The Morgan fingerprint density at radius 3 is 3.11 bits per heavy atom. The molecule has 2 unspecified atom stereocenters. The fourth-order valence-electron chi connectivity index (χ4n) is 2.64. The molecule has 0 amide bonds. The van der Waals surface area contributed by atoms with Crippen LogP contribution in [0.2, 0.25) is 0 Å². The lowest BCUT2D eigenvalue weighted by atomic mass is 9.84. The molecule has 1 aliphatic rings. The Hall–Kier alpha value is -2.18. The highest BCUT2D eigenvalue weighted by molar-refractivity contribution is 5.72. The minimum absolute atomic E-state index is 0.0957. The molecule has 0 radical (unpaired) electrons. The van der Waals surface area contributed by atoms with Gasteiger partial charge in [0.25, 0.3) is 0 Å². The largest absolute Gasteiger partial charge is 0.481 e. The number of rotatable bonds is 3. The Balaban J connectivity index is 1.87. The summed E-state index contributed by atoms with van der Waals surface area (Å²) < 4.78 is 1.76. The van der Waals surface area contributed by atoms with Gasteiger partial charge in [-0.05, 0) is 12.8 Å². The van der Waals surface area contributed by atoms with Crippen molar-refractivity contribution in [2.75, 3.05) is 5.32 Å². The fraction of sp³-hybridized carbons (Fsp3) is 0.500. The van der Waals surface area contributed by atoms with Crippen LogP contribution < -0.4 is 5.32 Å². The molecule has 0 saturated heterocycles. The zero-order valence-electron chi connectivity index (χ0n) is 10.4. The van der Waals surface area contributed by atoms with Crippen molar-refractivity contribution < 1.29 is 9.90 Å². The summed E-state index contributed by atoms with van der Waals surface area (Å²) in [7, 11) is 0. The van der Waals surface area contributed by atoms with E-state index in [0.717, 1.165) is 19.3 Å². The maximum Gasteiger partial charge on any atom is 0.308 e. The number of carboxylic acid groups (broad SMARTS) is 1. The van der Waals surface area contributed by atoms with Crippen LogP contribution >= 0.6 is 0 Å². The van der Waals surface area contributed by atoms with Crippen LogP contribution in [0.5, 0.6) is 0 Å². The number of carboxylic acids is 1. The van der Waals surface area contributed by atoms with Gasteiger partial charge in [-0.3, -0.25) is 9.20 Å². The third kappa shape index (κ3) is 2.23. The molecule has 7 nitrogen and oxygen atoms in total. The van der Waals surface area contributed by atoms with E-state index in [-0.39, 0.29) is 12.0 Å². The summed E-state index contributed by atoms with van der Waals surface area (Å²) in [6.07, 6.45) is 8.57. The van der Waals surface area contributed by atoms with Crippen molar-refractivity contribution in [2.45, 2.75) is 31.7 Å². The lowest BCUT2D eigenvalue weighted by Gasteiger charge is -2.29. The zero-order valence-corrected chi connectivity index (χ0v) is 10.4. The Bertz CT molecular complexity index is 597. The molecule has 19 heavy (non-hydrogen) atoms. The predicted octanol–water partition coefficient (Wildman–Crippen LogP) is 1.18. The van der Waals surface area contributed by atoms with Gasteiger partial charge in [-0.25, -0.2) is 4.98 Å². The summed E-state index contributed by atoms with van der Waals surface area (Å²) >= 11 is 0. The van der Waals surface area contributed by atoms with Crippen LogP contribution in [0.3, 0.4) is 0 Å². The van der Waals surface area contributed by atoms with Gasteiger partial charge >= 0.3 is 5.97 Å². The second-order valence-corrected chi connectivity index (χ2v) is 4.82. The average molecular weight is 261 g/mol. The molecule has 1 fully saturated rings. The van der Waals surface area contributed by atoms with E-state index < -0.39 is 5.97 Å². The SMILES string of the molecule is O=C(O)C1CCCCC1Nc1nccn2cnnc12. The van der Waals surface area contributed by atoms with Crippen LogP contribution in [0, 0.1) is 5.92 Å². The van der Waals surface area contributed by atoms with Crippen LogP contribution in [-0.2, 0) is 4.79 Å². The number of aliphatic carboxylic acids is 1. The van der Waals surface area contributed by atoms with Crippen molar-refractivity contribution in [3.05, 3.63) is 18.7 Å². The molecule has 0 bridgehead atoms. The second-order valence-electron chi connectivity index (χ2n) is 4.82. The maximum atomic E-state index is 11.3. The lowest BCUT2D eigenvalue weighted by molar-refractivity contribution is -0.143. The van der Waals surface area contributed by atoms with Crippen LogP contribution in [0.4, 0.5) is 5.82 Å². The first kappa shape index (κ1) is 11.9. The van der Waals surface area contributed by atoms with Crippen LogP contribution in [0.1, 0.15) is 25.7 Å². The Labute approximate surface area is 109 Å². The lowest BCUT2D eigenvalue weighted by Crippen LogP contribution is -2.37. The average Bonchev–Trinajstić information content (AvgIpc) is 2.88. The molecule has 2 N–H and O–H groups in total. The van der Waals surface area contributed by atoms with Gasteiger partial charge in [-0.1, -0.05) is 12.8 Å². The first-order valence-electron chi connectivity index (χ1n) is 6.39. The number of hydrogen-bond donors (Lipinski definition) is 2. The van der Waals surface area contributed by atoms with E-state index in [2.05, 4.69) is 20.5 Å². The van der Waals surface area contributed by atoms with Gasteiger partial charge in [-0.15, -0.1) is 10.2 Å². The normalized spacial score (nSPS) is 23.4. The maximum absolute atomic E-state index is 11.3. The minimum Gasteiger partial charge on any atom is -0.481 e. The van der Waals surface area contributed by atoms with Gasteiger partial charge in [0.1, 0.15) is 6.33 Å². The molecule has 2 aromatic rings. The molecule has 0 aliphatic heterocycles. The van der Waals surface area contributed by atoms with E-state index in [0.29, 0.717) is 17.9 Å². The first-order chi connectivity index (χ1) is 9.25. The highest BCUT2D eigenvalue weighted by Gasteiger charge is 2.31. The Morgan fingerprint density at radius 2 is 2.26 bits per heavy atom. The number of hydrogen-bond acceptors (Lipinski definition) is 5. The summed E-state index contributed by atoms with van der Waals surface area (Å²) in [6.45, 7) is 0. The number of anilines is 1. The third-order valence-corrected chi connectivity index (χ3v) is 3.62. The van der Waals surface area contributed by atoms with Crippen molar-refractivity contribution in [1.82, 2.24) is 19.6 Å². The van der Waals surface area contributed by atoms with Crippen LogP contribution in [0.15, 0.2) is 18.7 Å². The van der Waals surface area contributed by atoms with Gasteiger partial charge in [0.05, 0.1) is 5.92 Å². The van der Waals surface area contributed by atoms with Crippen molar-refractivity contribution in [3.8, 4) is 0 Å². The molecule has 7 heteroatoms. The van der Waals surface area contributed by atoms with Gasteiger partial charge < -0.3 is 10.4 Å². The Morgan fingerprint density at radius 1 is 1.42 bits per heavy atom. The van der Waals surface area contributed by atoms with Crippen LogP contribution in [0.25, 0.3) is 5.65 Å². The molecule has 2 aromatic heterocycles. The molecule has 2 heterocycles. The highest BCUT2D eigenvalue weighted by Crippen LogP contribution is 2.27. The summed E-state index contributed by atoms with van der Waals surface area (Å²) in [5, 5.41) is 20.3. The summed E-state index contributed by atoms with van der Waals surface area (Å²) in [5.41, 5.74) is 0.622. The van der Waals surface area contributed by atoms with E-state index in [1.807, 2.05) is 0 Å². The van der Waals surface area contributed by atoms with Gasteiger partial charge in [0, 0.05) is 18.4 Å². The predicted molar refractivity (Wildman–Crippen MR) is 67.8 cm³/mol. The first-order valence-corrected chi connectivity index (χ1v) is 6.39. The van der Waals surface area contributed by atoms with Crippen molar-refractivity contribution in [3.63, 3.8) is 0 Å². The van der Waals surface area contributed by atoms with Gasteiger partial charge in [-0.2, -0.15) is 0 Å². The van der Waals surface area contributed by atoms with E-state index in [1.54, 1.807) is 23.1 Å². The molecular formula is C12H15N5O2. The molecule has 100 valence electrons. The van der Waals surface area contributed by atoms with Gasteiger partial charge in [0.15, 0.2) is 5.82 Å². The van der Waals surface area contributed by atoms with Crippen molar-refractivity contribution in [2.24, 2.45) is 5.92 Å². The number of nitrogens with one attached hydrogen (secondary N) is 1. The standard InChI is InChI=1S/C12H15N5O2/c18-12(19)8-3-1-2-4-9(8)15-10-11-16-14-7-17(11)6-5-13-10/h5-9H,1-4H2,(H,13,15)(H,18,19). The van der Waals surface area contributed by atoms with Crippen molar-refractivity contribution >= 4 is 17.4 Å². The number of aromatic nitrogens is 4. The molecule has 3 rings (SSSR count). The monoisotopic (exact) mass is 261 g/mol. The number of fused-ring (bicyclic) bond motifs is 1. The molecule has 2 atom stereocenters. The minimum atomic E-state index is -0.745. The van der Waals surface area contributed by atoms with Crippen molar-refractivity contribution in [1.29, 1.82) is 0 Å². The third-order valence-electron chi connectivity index (χ3n) is 3.62. The Kier molecular flexibility index (Phi) is 3.02. The molecule has 0 aromatic carbocycles. The second kappa shape index (κ2) is 4.83. The van der Waals surface area contributed by atoms with Crippen LogP contribution in [-0.4, -0.2) is 36.7 Å². The van der Waals surface area contributed by atoms with E-state index in [9.17, 15) is 9.90 Å². The fourth-order valence-corrected chi connectivity index (χ4v) is 2.64. The summed E-state index contributed by atoms with van der Waals surface area (Å²) in [6, 6.07) is -0.0957. The summed E-state index contributed by atoms with van der Waals surface area (Å²) in [5.74, 6) is -0.512.